The Morgan fingerprint density at radius 2 is 1.74 bits per heavy atom. The number of nitrogens with zero attached hydrogens (tertiary/aromatic N) is 1. The van der Waals surface area contributed by atoms with Crippen LogP contribution in [0.4, 0.5) is 24.5 Å². The Morgan fingerprint density at radius 3 is 2.46 bits per heavy atom. The number of benzene rings is 3. The maximum Gasteiger partial charge on any atom is 0.418 e. The highest BCUT2D eigenvalue weighted by atomic mass is 35.5. The van der Waals surface area contributed by atoms with Gasteiger partial charge in [-0.25, -0.2) is 4.90 Å². The minimum Gasteiger partial charge on any atom is -0.490 e. The summed E-state index contributed by atoms with van der Waals surface area (Å²) in [7, 11) is 0. The molecule has 3 atom stereocenters. The number of amides is 3. The van der Waals surface area contributed by atoms with E-state index in [1.807, 2.05) is 0 Å². The maximum absolute atomic E-state index is 14.0. The lowest BCUT2D eigenvalue weighted by Crippen LogP contribution is -2.33. The fraction of sp³-hybridized carbons (Fsp3) is 0.226. The Kier molecular flexibility index (Phi) is 8.61. The molecule has 0 radical (unpaired) electrons. The number of thiazole rings is 1. The fourth-order valence-corrected chi connectivity index (χ4v) is 8.14. The normalized spacial score (nSPS) is 19.1. The van der Waals surface area contributed by atoms with Crippen LogP contribution in [0.5, 0.6) is 11.5 Å². The summed E-state index contributed by atoms with van der Waals surface area (Å²) in [5.41, 5.74) is -0.668. The number of nitrogens with one attached hydrogen (secondary N) is 2. The minimum absolute atomic E-state index is 0.214. The Labute approximate surface area is 272 Å². The molecule has 1 aromatic heterocycles. The molecule has 46 heavy (non-hydrogen) atoms. The number of carbonyl (C=O) groups excluding carboxylic acids is 3. The van der Waals surface area contributed by atoms with Crippen LogP contribution in [-0.4, -0.2) is 41.2 Å². The molecule has 6 rings (SSSR count). The first kappa shape index (κ1) is 31.7. The first-order valence-corrected chi connectivity index (χ1v) is 15.9. The number of aromatic amines is 1. The summed E-state index contributed by atoms with van der Waals surface area (Å²) in [6.07, 6.45) is -4.81. The van der Waals surface area contributed by atoms with Gasteiger partial charge in [0, 0.05) is 21.5 Å². The third kappa shape index (κ3) is 5.99. The average molecular weight is 690 g/mol. The Balaban J connectivity index is 1.33. The van der Waals surface area contributed by atoms with Gasteiger partial charge in [-0.2, -0.15) is 13.2 Å². The van der Waals surface area contributed by atoms with Gasteiger partial charge in [0.25, 0.3) is 5.91 Å². The zero-order chi connectivity index (χ0) is 32.7. The number of thioether (sulfide) groups is 1. The second kappa shape index (κ2) is 12.5. The van der Waals surface area contributed by atoms with Gasteiger partial charge in [-0.1, -0.05) is 52.9 Å². The Hall–Kier alpha value is -4.27. The highest BCUT2D eigenvalue weighted by Gasteiger charge is 2.57. The lowest BCUT2D eigenvalue weighted by molar-refractivity contribution is -0.137. The fourth-order valence-electron chi connectivity index (χ4n) is 5.50. The molecule has 0 aliphatic carbocycles. The Bertz CT molecular complexity index is 1900. The van der Waals surface area contributed by atoms with E-state index in [-0.39, 0.29) is 24.7 Å². The van der Waals surface area contributed by atoms with Crippen LogP contribution in [-0.2, 0) is 20.6 Å². The molecule has 2 aliphatic rings. The number of fused-ring (bicyclic) bond motifs is 2. The first-order valence-electron chi connectivity index (χ1n) is 13.8. The third-order valence-corrected chi connectivity index (χ3v) is 10.0. The molecule has 0 spiro atoms. The number of alkyl halides is 3. The number of hydrogen-bond donors (Lipinski definition) is 2. The molecule has 4 aromatic rings. The minimum atomic E-state index is -4.81. The Morgan fingerprint density at radius 1 is 1.00 bits per heavy atom. The monoisotopic (exact) mass is 689 g/mol. The molecule has 3 heterocycles. The molecule has 0 saturated carbocycles. The first-order chi connectivity index (χ1) is 22.0. The second-order valence-corrected chi connectivity index (χ2v) is 12.9. The molecule has 3 amide bonds. The highest BCUT2D eigenvalue weighted by Crippen LogP contribution is 2.54. The van der Waals surface area contributed by atoms with Gasteiger partial charge < -0.3 is 19.8 Å². The van der Waals surface area contributed by atoms with Crippen molar-refractivity contribution in [2.24, 2.45) is 5.92 Å². The number of ether oxygens (including phenoxy) is 2. The number of imide groups is 1. The molecule has 2 aliphatic heterocycles. The summed E-state index contributed by atoms with van der Waals surface area (Å²) >= 11 is 7.71. The van der Waals surface area contributed by atoms with E-state index in [1.165, 1.54) is 12.1 Å². The predicted octanol–water partition coefficient (Wildman–Crippen LogP) is 6.32. The van der Waals surface area contributed by atoms with Crippen LogP contribution in [0.15, 0.2) is 76.6 Å². The quantitative estimate of drug-likeness (QED) is 0.208. The van der Waals surface area contributed by atoms with Crippen LogP contribution in [0.3, 0.4) is 0 Å². The van der Waals surface area contributed by atoms with Crippen molar-refractivity contribution in [2.45, 2.75) is 29.3 Å². The average Bonchev–Trinajstić information content (AvgIpc) is 3.51. The molecule has 0 bridgehead atoms. The lowest BCUT2D eigenvalue weighted by Gasteiger charge is -2.30. The number of carbonyl (C=O) groups is 3. The van der Waals surface area contributed by atoms with Gasteiger partial charge in [0.1, 0.15) is 5.25 Å². The lowest BCUT2D eigenvalue weighted by atomic mass is 9.83. The van der Waals surface area contributed by atoms with E-state index in [0.717, 1.165) is 35.2 Å². The van der Waals surface area contributed by atoms with Crippen molar-refractivity contribution < 1.29 is 37.0 Å². The van der Waals surface area contributed by atoms with Gasteiger partial charge in [0.15, 0.2) is 18.1 Å². The molecule has 9 nitrogen and oxygen atoms in total. The van der Waals surface area contributed by atoms with Gasteiger partial charge in [-0.3, -0.25) is 19.2 Å². The van der Waals surface area contributed by atoms with E-state index >= 15 is 0 Å². The summed E-state index contributed by atoms with van der Waals surface area (Å²) in [5, 5.41) is 2.47. The number of hydrogen-bond acceptors (Lipinski definition) is 8. The van der Waals surface area contributed by atoms with Gasteiger partial charge in [0.2, 0.25) is 11.8 Å². The number of para-hydroxylation sites is 1. The van der Waals surface area contributed by atoms with Crippen molar-refractivity contribution in [3.05, 3.63) is 97.4 Å². The molecular weight excluding hydrogens is 667 g/mol. The summed E-state index contributed by atoms with van der Waals surface area (Å²) in [4.78, 5) is 56.0. The van der Waals surface area contributed by atoms with Gasteiger partial charge in [0.05, 0.1) is 28.8 Å². The molecular formula is C31H23ClF3N3O6S2. The van der Waals surface area contributed by atoms with Gasteiger partial charge in [-0.15, -0.1) is 0 Å². The van der Waals surface area contributed by atoms with Crippen molar-refractivity contribution in [1.29, 1.82) is 0 Å². The number of aromatic nitrogens is 1. The third-order valence-electron chi connectivity index (χ3n) is 7.39. The standard InChI is InChI=1S/C31H23ClF3N3O6S2/c1-2-43-21-13-15(7-12-20(21)44-14-22(39)36-17-10-8-16(32)9-11-17)23-24-26(45-27-25(23)46-30(42)37-27)29(41)38(28(24)40)19-6-4-3-5-18(19)31(33,34)35/h3-13,23-24,26H,2,14H2,1H3,(H,36,39)(H,37,42)/t23-,24-,26+/m0/s1. The van der Waals surface area contributed by atoms with Crippen LogP contribution in [0, 0.1) is 5.92 Å². The van der Waals surface area contributed by atoms with E-state index < -0.39 is 57.1 Å². The van der Waals surface area contributed by atoms with Crippen molar-refractivity contribution in [3.63, 3.8) is 0 Å². The smallest absolute Gasteiger partial charge is 0.418 e. The number of rotatable bonds is 8. The van der Waals surface area contributed by atoms with E-state index in [2.05, 4.69) is 10.3 Å². The molecule has 1 saturated heterocycles. The topological polar surface area (TPSA) is 118 Å². The number of H-pyrrole nitrogens is 1. The summed E-state index contributed by atoms with van der Waals surface area (Å²) in [5.74, 6) is -3.61. The van der Waals surface area contributed by atoms with Crippen molar-refractivity contribution in [2.75, 3.05) is 23.4 Å². The van der Waals surface area contributed by atoms with E-state index in [1.54, 1.807) is 49.4 Å². The van der Waals surface area contributed by atoms with Crippen LogP contribution < -0.4 is 24.6 Å². The van der Waals surface area contributed by atoms with Crippen molar-refractivity contribution in [1.82, 2.24) is 4.98 Å². The SMILES string of the molecule is CCOc1cc([C@@H]2c3sc(=O)[nH]c3S[C@H]3C(=O)N(c4ccccc4C(F)(F)F)C(=O)[C@@H]23)ccc1OCC(=O)Nc1ccc(Cl)cc1. The van der Waals surface area contributed by atoms with Crippen LogP contribution in [0.1, 0.15) is 28.8 Å². The van der Waals surface area contributed by atoms with Crippen LogP contribution >= 0.6 is 34.7 Å². The summed E-state index contributed by atoms with van der Waals surface area (Å²) < 4.78 is 53.3. The van der Waals surface area contributed by atoms with Crippen LogP contribution in [0.2, 0.25) is 5.02 Å². The molecule has 1 fully saturated rings. The molecule has 15 heteroatoms. The molecule has 3 aromatic carbocycles. The zero-order valence-corrected chi connectivity index (χ0v) is 26.1. The molecule has 0 unspecified atom stereocenters. The molecule has 2 N–H and O–H groups in total. The second-order valence-electron chi connectivity index (χ2n) is 10.3. The summed E-state index contributed by atoms with van der Waals surface area (Å²) in [6.45, 7) is 1.59. The van der Waals surface area contributed by atoms with Crippen LogP contribution in [0.25, 0.3) is 0 Å². The number of halogens is 4. The highest BCUT2D eigenvalue weighted by molar-refractivity contribution is 8.00. The maximum atomic E-state index is 14.0. The van der Waals surface area contributed by atoms with E-state index in [0.29, 0.717) is 31.1 Å². The largest absolute Gasteiger partial charge is 0.490 e. The summed E-state index contributed by atoms with van der Waals surface area (Å²) in [6, 6.07) is 15.7. The van der Waals surface area contributed by atoms with E-state index in [4.69, 9.17) is 21.1 Å². The van der Waals surface area contributed by atoms with Crippen molar-refractivity contribution in [3.8, 4) is 11.5 Å². The van der Waals surface area contributed by atoms with Gasteiger partial charge in [-0.05, 0) is 61.0 Å². The molecule has 238 valence electrons. The predicted molar refractivity (Wildman–Crippen MR) is 167 cm³/mol. The van der Waals surface area contributed by atoms with E-state index in [9.17, 15) is 32.3 Å². The zero-order valence-electron chi connectivity index (χ0n) is 23.7. The number of anilines is 2. The van der Waals surface area contributed by atoms with Gasteiger partial charge >= 0.3 is 11.0 Å². The van der Waals surface area contributed by atoms with Crippen molar-refractivity contribution >= 4 is 63.8 Å².